The van der Waals surface area contributed by atoms with Gasteiger partial charge in [0.05, 0.1) is 0 Å². The predicted octanol–water partition coefficient (Wildman–Crippen LogP) is 2.32. The number of hydrogen-bond donors (Lipinski definition) is 1. The number of carbonyl (C=O) groups is 3. The first kappa shape index (κ1) is 14.3. The van der Waals surface area contributed by atoms with Gasteiger partial charge in [-0.05, 0) is 11.5 Å². The number of amides is 3. The number of nitrogens with zero attached hydrogens (tertiary/aromatic N) is 1. The lowest BCUT2D eigenvalue weighted by Gasteiger charge is -2.14. The van der Waals surface area contributed by atoms with E-state index in [0.29, 0.717) is 0 Å². The standard InChI is InChI=1S/C17H16N2O3/c20-15(10-11-19-16(21)8-9-17(19)22)18-14-7-3-5-12-4-1-2-6-13(12)14/h1-7H,8-11H2,(H,18,20). The van der Waals surface area contributed by atoms with Gasteiger partial charge in [-0.1, -0.05) is 36.4 Å². The van der Waals surface area contributed by atoms with E-state index in [1.165, 1.54) is 4.90 Å². The van der Waals surface area contributed by atoms with Gasteiger partial charge in [-0.2, -0.15) is 0 Å². The third-order valence-corrected chi connectivity index (χ3v) is 3.78. The van der Waals surface area contributed by atoms with E-state index in [1.54, 1.807) is 0 Å². The average molecular weight is 296 g/mol. The molecule has 0 radical (unpaired) electrons. The van der Waals surface area contributed by atoms with Crippen molar-refractivity contribution in [2.45, 2.75) is 19.3 Å². The zero-order chi connectivity index (χ0) is 15.5. The van der Waals surface area contributed by atoms with Gasteiger partial charge >= 0.3 is 0 Å². The summed E-state index contributed by atoms with van der Waals surface area (Å²) in [5, 5.41) is 4.86. The van der Waals surface area contributed by atoms with Gasteiger partial charge in [0, 0.05) is 36.9 Å². The number of carbonyl (C=O) groups excluding carboxylic acids is 3. The third kappa shape index (κ3) is 2.83. The lowest BCUT2D eigenvalue weighted by Crippen LogP contribution is -2.32. The zero-order valence-electron chi connectivity index (χ0n) is 12.0. The molecular weight excluding hydrogens is 280 g/mol. The van der Waals surface area contributed by atoms with Crippen LogP contribution in [-0.4, -0.2) is 29.2 Å². The summed E-state index contributed by atoms with van der Waals surface area (Å²) in [6, 6.07) is 13.5. The van der Waals surface area contributed by atoms with Gasteiger partial charge < -0.3 is 5.32 Å². The number of nitrogens with one attached hydrogen (secondary N) is 1. The van der Waals surface area contributed by atoms with E-state index in [2.05, 4.69) is 5.32 Å². The summed E-state index contributed by atoms with van der Waals surface area (Å²) in [7, 11) is 0. The molecule has 1 fully saturated rings. The lowest BCUT2D eigenvalue weighted by atomic mass is 10.1. The number of rotatable bonds is 4. The highest BCUT2D eigenvalue weighted by atomic mass is 16.2. The Bertz CT molecular complexity index is 733. The molecule has 1 aliphatic heterocycles. The van der Waals surface area contributed by atoms with Gasteiger partial charge in [0.1, 0.15) is 0 Å². The van der Waals surface area contributed by atoms with Crippen molar-refractivity contribution in [3.63, 3.8) is 0 Å². The lowest BCUT2D eigenvalue weighted by molar-refractivity contribution is -0.138. The highest BCUT2D eigenvalue weighted by Gasteiger charge is 2.28. The fourth-order valence-electron chi connectivity index (χ4n) is 2.63. The molecule has 1 heterocycles. The van der Waals surface area contributed by atoms with E-state index in [4.69, 9.17) is 0 Å². The Morgan fingerprint density at radius 1 is 1.00 bits per heavy atom. The fourth-order valence-corrected chi connectivity index (χ4v) is 2.63. The Balaban J connectivity index is 1.66. The van der Waals surface area contributed by atoms with Crippen molar-refractivity contribution in [1.29, 1.82) is 0 Å². The van der Waals surface area contributed by atoms with Crippen LogP contribution in [0.25, 0.3) is 10.8 Å². The highest BCUT2D eigenvalue weighted by Crippen LogP contribution is 2.23. The van der Waals surface area contributed by atoms with Crippen molar-refractivity contribution in [3.05, 3.63) is 42.5 Å². The molecule has 0 atom stereocenters. The molecule has 0 bridgehead atoms. The Kier molecular flexibility index (Phi) is 3.87. The number of anilines is 1. The summed E-state index contributed by atoms with van der Waals surface area (Å²) in [4.78, 5) is 36.2. The molecule has 0 saturated carbocycles. The maximum atomic E-state index is 12.1. The molecule has 0 aliphatic carbocycles. The summed E-state index contributed by atoms with van der Waals surface area (Å²) >= 11 is 0. The monoisotopic (exact) mass is 296 g/mol. The minimum Gasteiger partial charge on any atom is -0.325 e. The molecule has 5 nitrogen and oxygen atoms in total. The second kappa shape index (κ2) is 5.97. The van der Waals surface area contributed by atoms with Crippen molar-refractivity contribution in [1.82, 2.24) is 4.90 Å². The minimum absolute atomic E-state index is 0.112. The van der Waals surface area contributed by atoms with Gasteiger partial charge in [-0.25, -0.2) is 0 Å². The largest absolute Gasteiger partial charge is 0.325 e. The molecular formula is C17H16N2O3. The number of likely N-dealkylation sites (tertiary alicyclic amines) is 1. The zero-order valence-corrected chi connectivity index (χ0v) is 12.0. The summed E-state index contributed by atoms with van der Waals surface area (Å²) < 4.78 is 0. The minimum atomic E-state index is -0.205. The van der Waals surface area contributed by atoms with E-state index in [-0.39, 0.29) is 43.5 Å². The molecule has 22 heavy (non-hydrogen) atoms. The first-order valence-electron chi connectivity index (χ1n) is 7.26. The van der Waals surface area contributed by atoms with Crippen LogP contribution in [0.3, 0.4) is 0 Å². The van der Waals surface area contributed by atoms with E-state index < -0.39 is 0 Å². The summed E-state index contributed by atoms with van der Waals surface area (Å²) in [5.74, 6) is -0.588. The van der Waals surface area contributed by atoms with Crippen molar-refractivity contribution in [3.8, 4) is 0 Å². The maximum Gasteiger partial charge on any atom is 0.229 e. The van der Waals surface area contributed by atoms with Crippen LogP contribution in [0.5, 0.6) is 0 Å². The molecule has 112 valence electrons. The third-order valence-electron chi connectivity index (χ3n) is 3.78. The first-order valence-corrected chi connectivity index (χ1v) is 7.26. The van der Waals surface area contributed by atoms with Crippen molar-refractivity contribution < 1.29 is 14.4 Å². The van der Waals surface area contributed by atoms with Gasteiger partial charge in [-0.3, -0.25) is 19.3 Å². The van der Waals surface area contributed by atoms with Crippen molar-refractivity contribution in [2.24, 2.45) is 0 Å². The molecule has 1 saturated heterocycles. The second-order valence-electron chi connectivity index (χ2n) is 5.26. The van der Waals surface area contributed by atoms with Crippen LogP contribution in [0.1, 0.15) is 19.3 Å². The number of hydrogen-bond acceptors (Lipinski definition) is 3. The van der Waals surface area contributed by atoms with Crippen molar-refractivity contribution >= 4 is 34.2 Å². The van der Waals surface area contributed by atoms with Crippen LogP contribution in [-0.2, 0) is 14.4 Å². The quantitative estimate of drug-likeness (QED) is 0.880. The summed E-state index contributed by atoms with van der Waals surface area (Å²) in [6.45, 7) is 0.147. The molecule has 2 aromatic carbocycles. The Labute approximate surface area is 127 Å². The van der Waals surface area contributed by atoms with E-state index in [1.807, 2.05) is 42.5 Å². The van der Waals surface area contributed by atoms with Gasteiger partial charge in [0.15, 0.2) is 0 Å². The molecule has 3 amide bonds. The molecule has 0 spiro atoms. The molecule has 0 unspecified atom stereocenters. The van der Waals surface area contributed by atoms with Gasteiger partial charge in [0.25, 0.3) is 0 Å². The van der Waals surface area contributed by atoms with Crippen LogP contribution in [0.15, 0.2) is 42.5 Å². The topological polar surface area (TPSA) is 66.5 Å². The molecule has 5 heteroatoms. The van der Waals surface area contributed by atoms with Crippen molar-refractivity contribution in [2.75, 3.05) is 11.9 Å². The maximum absolute atomic E-state index is 12.1. The Hall–Kier alpha value is -2.69. The van der Waals surface area contributed by atoms with E-state index in [0.717, 1.165) is 16.5 Å². The Morgan fingerprint density at radius 3 is 2.45 bits per heavy atom. The Morgan fingerprint density at radius 2 is 1.68 bits per heavy atom. The van der Waals surface area contributed by atoms with E-state index in [9.17, 15) is 14.4 Å². The van der Waals surface area contributed by atoms with Crippen LogP contribution in [0, 0.1) is 0 Å². The molecule has 1 aliphatic rings. The first-order chi connectivity index (χ1) is 10.6. The normalized spacial score (nSPS) is 14.6. The second-order valence-corrected chi connectivity index (χ2v) is 5.26. The predicted molar refractivity (Wildman–Crippen MR) is 83.1 cm³/mol. The van der Waals surface area contributed by atoms with Gasteiger partial charge in [0.2, 0.25) is 17.7 Å². The highest BCUT2D eigenvalue weighted by molar-refractivity contribution is 6.04. The number of fused-ring (bicyclic) bond motifs is 1. The van der Waals surface area contributed by atoms with Crippen LogP contribution < -0.4 is 5.32 Å². The summed E-state index contributed by atoms with van der Waals surface area (Å²) in [5.41, 5.74) is 0.738. The average Bonchev–Trinajstić information content (AvgIpc) is 2.84. The number of benzene rings is 2. The van der Waals surface area contributed by atoms with Gasteiger partial charge in [-0.15, -0.1) is 0 Å². The smallest absolute Gasteiger partial charge is 0.229 e. The van der Waals surface area contributed by atoms with Crippen LogP contribution in [0.2, 0.25) is 0 Å². The summed E-state index contributed by atoms with van der Waals surface area (Å²) in [6.07, 6.45) is 0.619. The fraction of sp³-hybridized carbons (Fsp3) is 0.235. The van der Waals surface area contributed by atoms with Crippen LogP contribution >= 0.6 is 0 Å². The molecule has 0 aromatic heterocycles. The molecule has 3 rings (SSSR count). The SMILES string of the molecule is O=C(CCN1C(=O)CCC1=O)Nc1cccc2ccccc12. The number of imide groups is 1. The van der Waals surface area contributed by atoms with E-state index >= 15 is 0 Å². The molecule has 1 N–H and O–H groups in total. The van der Waals surface area contributed by atoms with Crippen LogP contribution in [0.4, 0.5) is 5.69 Å². The molecule has 2 aromatic rings.